The quantitative estimate of drug-likeness (QED) is 0.394. The van der Waals surface area contributed by atoms with Gasteiger partial charge in [0.25, 0.3) is 0 Å². The van der Waals surface area contributed by atoms with Crippen LogP contribution in [0.2, 0.25) is 0 Å². The highest BCUT2D eigenvalue weighted by Gasteiger charge is 2.28. The van der Waals surface area contributed by atoms with Gasteiger partial charge in [-0.25, -0.2) is 4.79 Å². The van der Waals surface area contributed by atoms with Gasteiger partial charge in [0.1, 0.15) is 0 Å². The Morgan fingerprint density at radius 3 is 2.13 bits per heavy atom. The molecule has 88 valence electrons. The van der Waals surface area contributed by atoms with Gasteiger partial charge in [0, 0.05) is 11.5 Å². The van der Waals surface area contributed by atoms with Crippen molar-refractivity contribution in [2.45, 2.75) is 25.9 Å². The Hall–Kier alpha value is -0.350. The summed E-state index contributed by atoms with van der Waals surface area (Å²) in [5, 5.41) is 8.66. The van der Waals surface area contributed by atoms with Crippen molar-refractivity contribution >= 4 is 25.2 Å². The summed E-state index contributed by atoms with van der Waals surface area (Å²) in [6, 6.07) is 0. The lowest BCUT2D eigenvalue weighted by Gasteiger charge is -2.16. The number of halogens is 1. The molecule has 0 aliphatic heterocycles. The second kappa shape index (κ2) is 5.66. The maximum atomic E-state index is 10.9. The first-order chi connectivity index (χ1) is 6.70. The number of hydrogen-bond donors (Lipinski definition) is 3. The van der Waals surface area contributed by atoms with E-state index in [0.29, 0.717) is 5.57 Å². The molecular formula is C8H14ClO5P. The van der Waals surface area contributed by atoms with Crippen LogP contribution in [0.4, 0.5) is 0 Å². The summed E-state index contributed by atoms with van der Waals surface area (Å²) in [4.78, 5) is 28.4. The molecule has 1 unspecified atom stereocenters. The molecule has 0 rings (SSSR count). The molecule has 0 bridgehead atoms. The first-order valence-electron chi connectivity index (χ1n) is 4.21. The molecule has 0 aromatic heterocycles. The highest BCUT2D eigenvalue weighted by Crippen LogP contribution is 2.44. The van der Waals surface area contributed by atoms with Gasteiger partial charge in [0.05, 0.1) is 5.66 Å². The fourth-order valence-electron chi connectivity index (χ4n) is 0.952. The summed E-state index contributed by atoms with van der Waals surface area (Å²) in [5.74, 6) is -1.29. The minimum atomic E-state index is -4.26. The van der Waals surface area contributed by atoms with Crippen LogP contribution >= 0.6 is 19.2 Å². The highest BCUT2D eigenvalue weighted by atomic mass is 35.5. The SMILES string of the molecule is CC(CC(CCl)P(=O)(O)O)=C(C)C(=O)O. The van der Waals surface area contributed by atoms with Crippen molar-refractivity contribution in [3.63, 3.8) is 0 Å². The number of rotatable bonds is 5. The van der Waals surface area contributed by atoms with Gasteiger partial charge >= 0.3 is 13.6 Å². The molecule has 5 nitrogen and oxygen atoms in total. The summed E-state index contributed by atoms with van der Waals surface area (Å²) in [6.07, 6.45) is -0.00802. The first-order valence-corrected chi connectivity index (χ1v) is 6.42. The summed E-state index contributed by atoms with van der Waals surface area (Å²) in [5.41, 5.74) is -0.497. The van der Waals surface area contributed by atoms with Crippen LogP contribution in [0.1, 0.15) is 20.3 Å². The Morgan fingerprint density at radius 1 is 1.40 bits per heavy atom. The van der Waals surface area contributed by atoms with E-state index in [2.05, 4.69) is 0 Å². The third kappa shape index (κ3) is 4.80. The molecule has 3 N–H and O–H groups in total. The maximum absolute atomic E-state index is 10.9. The van der Waals surface area contributed by atoms with E-state index in [1.165, 1.54) is 13.8 Å². The summed E-state index contributed by atoms with van der Waals surface area (Å²) in [6.45, 7) is 2.92. The molecule has 1 atom stereocenters. The minimum Gasteiger partial charge on any atom is -0.478 e. The fraction of sp³-hybridized carbons (Fsp3) is 0.625. The molecule has 0 spiro atoms. The second-order valence-corrected chi connectivity index (χ2v) is 5.53. The van der Waals surface area contributed by atoms with E-state index in [4.69, 9.17) is 26.5 Å². The van der Waals surface area contributed by atoms with Gasteiger partial charge < -0.3 is 14.9 Å². The van der Waals surface area contributed by atoms with E-state index < -0.39 is 19.2 Å². The van der Waals surface area contributed by atoms with E-state index in [9.17, 15) is 9.36 Å². The van der Waals surface area contributed by atoms with Gasteiger partial charge in [-0.1, -0.05) is 5.57 Å². The molecule has 0 heterocycles. The highest BCUT2D eigenvalue weighted by molar-refractivity contribution is 7.52. The van der Waals surface area contributed by atoms with Crippen molar-refractivity contribution < 1.29 is 24.3 Å². The minimum absolute atomic E-state index is 0.00802. The van der Waals surface area contributed by atoms with Gasteiger partial charge in [-0.05, 0) is 20.3 Å². The zero-order valence-corrected chi connectivity index (χ0v) is 10.1. The topological polar surface area (TPSA) is 94.8 Å². The number of allylic oxidation sites excluding steroid dienone is 1. The van der Waals surface area contributed by atoms with Crippen LogP contribution in [0.5, 0.6) is 0 Å². The van der Waals surface area contributed by atoms with E-state index in [-0.39, 0.29) is 17.9 Å². The molecule has 0 aliphatic carbocycles. The van der Waals surface area contributed by atoms with Crippen LogP contribution in [0.15, 0.2) is 11.1 Å². The molecule has 0 radical (unpaired) electrons. The third-order valence-electron chi connectivity index (χ3n) is 2.16. The first kappa shape index (κ1) is 14.6. The maximum Gasteiger partial charge on any atom is 0.331 e. The summed E-state index contributed by atoms with van der Waals surface area (Å²) >= 11 is 5.42. The summed E-state index contributed by atoms with van der Waals surface area (Å²) in [7, 11) is -4.26. The van der Waals surface area contributed by atoms with Crippen molar-refractivity contribution in [3.05, 3.63) is 11.1 Å². The van der Waals surface area contributed by atoms with Crippen LogP contribution in [-0.4, -0.2) is 32.4 Å². The number of hydrogen-bond acceptors (Lipinski definition) is 2. The lowest BCUT2D eigenvalue weighted by molar-refractivity contribution is -0.132. The van der Waals surface area contributed by atoms with E-state index in [1.807, 2.05) is 0 Å². The Kier molecular flexibility index (Phi) is 5.53. The van der Waals surface area contributed by atoms with Gasteiger partial charge in [-0.15, -0.1) is 11.6 Å². The molecule has 0 aromatic carbocycles. The van der Waals surface area contributed by atoms with Gasteiger partial charge in [0.2, 0.25) is 0 Å². The average Bonchev–Trinajstić information content (AvgIpc) is 2.10. The number of aliphatic carboxylic acids is 1. The lowest BCUT2D eigenvalue weighted by atomic mass is 10.1. The van der Waals surface area contributed by atoms with Gasteiger partial charge in [0.15, 0.2) is 0 Å². The van der Waals surface area contributed by atoms with Crippen LogP contribution in [-0.2, 0) is 9.36 Å². The number of carboxylic acid groups (broad SMARTS) is 1. The van der Waals surface area contributed by atoms with Crippen molar-refractivity contribution in [1.29, 1.82) is 0 Å². The van der Waals surface area contributed by atoms with Gasteiger partial charge in [-0.2, -0.15) is 0 Å². The Balaban J connectivity index is 4.79. The third-order valence-corrected chi connectivity index (χ3v) is 4.06. The monoisotopic (exact) mass is 256 g/mol. The normalized spacial score (nSPS) is 15.8. The zero-order valence-electron chi connectivity index (χ0n) is 8.47. The van der Waals surface area contributed by atoms with E-state index >= 15 is 0 Å². The molecule has 15 heavy (non-hydrogen) atoms. The molecule has 0 amide bonds. The van der Waals surface area contributed by atoms with Crippen LogP contribution in [0.3, 0.4) is 0 Å². The van der Waals surface area contributed by atoms with Gasteiger partial charge in [-0.3, -0.25) is 4.57 Å². The molecule has 7 heteroatoms. The largest absolute Gasteiger partial charge is 0.478 e. The van der Waals surface area contributed by atoms with Crippen molar-refractivity contribution in [2.24, 2.45) is 0 Å². The molecular weight excluding hydrogens is 243 g/mol. The van der Waals surface area contributed by atoms with Crippen LogP contribution in [0.25, 0.3) is 0 Å². The Labute approximate surface area is 92.9 Å². The standard InChI is InChI=1S/C8H14ClO5P/c1-5(6(2)8(10)11)3-7(4-9)15(12,13)14/h7H,3-4H2,1-2H3,(H,10,11)(H2,12,13,14). The van der Waals surface area contributed by atoms with Crippen LogP contribution < -0.4 is 0 Å². The van der Waals surface area contributed by atoms with Crippen LogP contribution in [0, 0.1) is 0 Å². The fourth-order valence-corrected chi connectivity index (χ4v) is 2.29. The Bertz CT molecular complexity index is 319. The van der Waals surface area contributed by atoms with Crippen molar-refractivity contribution in [3.8, 4) is 0 Å². The van der Waals surface area contributed by atoms with E-state index in [1.54, 1.807) is 0 Å². The molecule has 0 saturated heterocycles. The smallest absolute Gasteiger partial charge is 0.331 e. The summed E-state index contributed by atoms with van der Waals surface area (Å²) < 4.78 is 10.9. The zero-order chi connectivity index (χ0) is 12.2. The number of carboxylic acids is 1. The molecule has 0 saturated carbocycles. The lowest BCUT2D eigenvalue weighted by Crippen LogP contribution is -2.12. The predicted octanol–water partition coefficient (Wildman–Crippen LogP) is 1.58. The van der Waals surface area contributed by atoms with Crippen molar-refractivity contribution in [1.82, 2.24) is 0 Å². The Morgan fingerprint density at radius 2 is 1.87 bits per heavy atom. The van der Waals surface area contributed by atoms with E-state index in [0.717, 1.165) is 0 Å². The van der Waals surface area contributed by atoms with Crippen molar-refractivity contribution in [2.75, 3.05) is 5.88 Å². The number of alkyl halides is 1. The average molecular weight is 257 g/mol. The number of carbonyl (C=O) groups is 1. The second-order valence-electron chi connectivity index (χ2n) is 3.31. The molecule has 0 fully saturated rings. The predicted molar refractivity (Wildman–Crippen MR) is 57.2 cm³/mol. The molecule has 0 aliphatic rings. The molecule has 0 aromatic rings.